The SMILES string of the molecule is CCN1C[C@H](C(=O)N2CC(Oc3ccccc3OC)C2)CC1=O. The second-order valence-electron chi connectivity index (χ2n) is 5.97. The van der Waals surface area contributed by atoms with E-state index in [1.54, 1.807) is 16.9 Å². The van der Waals surface area contributed by atoms with Crippen molar-refractivity contribution in [2.24, 2.45) is 5.92 Å². The van der Waals surface area contributed by atoms with E-state index in [9.17, 15) is 9.59 Å². The molecule has 3 rings (SSSR count). The summed E-state index contributed by atoms with van der Waals surface area (Å²) >= 11 is 0. The molecule has 1 aromatic carbocycles. The fourth-order valence-corrected chi connectivity index (χ4v) is 3.09. The van der Waals surface area contributed by atoms with Crippen LogP contribution in [0.1, 0.15) is 13.3 Å². The molecule has 2 heterocycles. The van der Waals surface area contributed by atoms with Crippen molar-refractivity contribution in [3.8, 4) is 11.5 Å². The van der Waals surface area contributed by atoms with Crippen molar-refractivity contribution < 1.29 is 19.1 Å². The summed E-state index contributed by atoms with van der Waals surface area (Å²) in [4.78, 5) is 27.7. The Hall–Kier alpha value is -2.24. The van der Waals surface area contributed by atoms with Gasteiger partial charge in [0, 0.05) is 19.5 Å². The number of carbonyl (C=O) groups is 2. The molecule has 0 bridgehead atoms. The predicted octanol–water partition coefficient (Wildman–Crippen LogP) is 1.15. The fraction of sp³-hybridized carbons (Fsp3) is 0.529. The first-order chi connectivity index (χ1) is 11.1. The standard InChI is InChI=1S/C17H22N2O4/c1-3-18-9-12(8-16(18)20)17(21)19-10-13(11-19)23-15-7-5-4-6-14(15)22-2/h4-7,12-13H,3,8-11H2,1-2H3/t12-/m1/s1. The lowest BCUT2D eigenvalue weighted by Gasteiger charge is -2.40. The Kier molecular flexibility index (Phi) is 4.41. The molecule has 2 fully saturated rings. The van der Waals surface area contributed by atoms with E-state index in [4.69, 9.17) is 9.47 Å². The van der Waals surface area contributed by atoms with E-state index < -0.39 is 0 Å². The van der Waals surface area contributed by atoms with Gasteiger partial charge >= 0.3 is 0 Å². The molecule has 0 aromatic heterocycles. The van der Waals surface area contributed by atoms with Gasteiger partial charge in [0.2, 0.25) is 11.8 Å². The number of ether oxygens (including phenoxy) is 2. The lowest BCUT2D eigenvalue weighted by atomic mass is 10.0. The van der Waals surface area contributed by atoms with E-state index in [0.29, 0.717) is 44.1 Å². The van der Waals surface area contributed by atoms with Gasteiger partial charge in [0.25, 0.3) is 0 Å². The summed E-state index contributed by atoms with van der Waals surface area (Å²) in [5.41, 5.74) is 0. The average molecular weight is 318 g/mol. The Labute approximate surface area is 136 Å². The van der Waals surface area contributed by atoms with Crippen LogP contribution in [0, 0.1) is 5.92 Å². The molecule has 0 saturated carbocycles. The Morgan fingerprint density at radius 2 is 1.91 bits per heavy atom. The molecule has 1 atom stereocenters. The maximum Gasteiger partial charge on any atom is 0.228 e. The van der Waals surface area contributed by atoms with Gasteiger partial charge in [-0.15, -0.1) is 0 Å². The number of carbonyl (C=O) groups excluding carboxylic acids is 2. The molecule has 2 amide bonds. The van der Waals surface area contributed by atoms with Gasteiger partial charge in [0.05, 0.1) is 26.1 Å². The lowest BCUT2D eigenvalue weighted by molar-refractivity contribution is -0.144. The van der Waals surface area contributed by atoms with Crippen LogP contribution in [0.5, 0.6) is 11.5 Å². The number of amides is 2. The Morgan fingerprint density at radius 3 is 2.52 bits per heavy atom. The number of hydrogen-bond donors (Lipinski definition) is 0. The number of likely N-dealkylation sites (tertiary alicyclic amines) is 2. The third-order valence-corrected chi connectivity index (χ3v) is 4.47. The molecule has 0 aliphatic carbocycles. The number of hydrogen-bond acceptors (Lipinski definition) is 4. The highest BCUT2D eigenvalue weighted by atomic mass is 16.5. The number of para-hydroxylation sites is 2. The van der Waals surface area contributed by atoms with Gasteiger partial charge < -0.3 is 19.3 Å². The molecule has 6 nitrogen and oxygen atoms in total. The quantitative estimate of drug-likeness (QED) is 0.817. The number of rotatable bonds is 5. The molecule has 23 heavy (non-hydrogen) atoms. The van der Waals surface area contributed by atoms with Gasteiger partial charge in [-0.05, 0) is 19.1 Å². The molecule has 0 N–H and O–H groups in total. The van der Waals surface area contributed by atoms with Gasteiger partial charge in [-0.2, -0.15) is 0 Å². The van der Waals surface area contributed by atoms with Crippen molar-refractivity contribution >= 4 is 11.8 Å². The summed E-state index contributed by atoms with van der Waals surface area (Å²) in [5, 5.41) is 0. The number of methoxy groups -OCH3 is 1. The summed E-state index contributed by atoms with van der Waals surface area (Å²) in [6.45, 7) is 4.28. The van der Waals surface area contributed by atoms with Crippen LogP contribution < -0.4 is 9.47 Å². The van der Waals surface area contributed by atoms with E-state index in [2.05, 4.69) is 0 Å². The maximum absolute atomic E-state index is 12.4. The molecule has 0 radical (unpaired) electrons. The smallest absolute Gasteiger partial charge is 0.228 e. The summed E-state index contributed by atoms with van der Waals surface area (Å²) in [5.74, 6) is 1.33. The largest absolute Gasteiger partial charge is 0.493 e. The normalized spacial score (nSPS) is 21.3. The summed E-state index contributed by atoms with van der Waals surface area (Å²) in [7, 11) is 1.61. The maximum atomic E-state index is 12.4. The highest BCUT2D eigenvalue weighted by molar-refractivity contribution is 5.89. The average Bonchev–Trinajstić information content (AvgIpc) is 2.91. The van der Waals surface area contributed by atoms with Crippen molar-refractivity contribution in [1.82, 2.24) is 9.80 Å². The van der Waals surface area contributed by atoms with Crippen LogP contribution in [0.4, 0.5) is 0 Å². The minimum absolute atomic E-state index is 0.0189. The van der Waals surface area contributed by atoms with Crippen LogP contribution in [0.25, 0.3) is 0 Å². The van der Waals surface area contributed by atoms with Crippen molar-refractivity contribution in [2.45, 2.75) is 19.4 Å². The first-order valence-corrected chi connectivity index (χ1v) is 7.98. The van der Waals surface area contributed by atoms with Crippen LogP contribution in [0.15, 0.2) is 24.3 Å². The summed E-state index contributed by atoms with van der Waals surface area (Å²) < 4.78 is 11.1. The third-order valence-electron chi connectivity index (χ3n) is 4.47. The topological polar surface area (TPSA) is 59.1 Å². The molecule has 1 aromatic rings. The first-order valence-electron chi connectivity index (χ1n) is 7.98. The molecule has 124 valence electrons. The van der Waals surface area contributed by atoms with Crippen molar-refractivity contribution in [1.29, 1.82) is 0 Å². The van der Waals surface area contributed by atoms with Crippen LogP contribution >= 0.6 is 0 Å². The molecule has 6 heteroatoms. The molecule has 2 aliphatic rings. The summed E-state index contributed by atoms with van der Waals surface area (Å²) in [6.07, 6.45) is 0.316. The molecule has 0 spiro atoms. The highest BCUT2D eigenvalue weighted by Gasteiger charge is 2.40. The predicted molar refractivity (Wildman–Crippen MR) is 84.4 cm³/mol. The van der Waals surface area contributed by atoms with Crippen LogP contribution in [0.2, 0.25) is 0 Å². The monoisotopic (exact) mass is 318 g/mol. The van der Waals surface area contributed by atoms with Gasteiger partial charge in [0.1, 0.15) is 6.10 Å². The highest BCUT2D eigenvalue weighted by Crippen LogP contribution is 2.29. The Morgan fingerprint density at radius 1 is 1.22 bits per heavy atom. The lowest BCUT2D eigenvalue weighted by Crippen LogP contribution is -2.57. The zero-order valence-corrected chi connectivity index (χ0v) is 13.5. The third kappa shape index (κ3) is 3.11. The zero-order chi connectivity index (χ0) is 16.4. The molecule has 2 saturated heterocycles. The Bertz CT molecular complexity index is 598. The van der Waals surface area contributed by atoms with Crippen molar-refractivity contribution in [2.75, 3.05) is 33.3 Å². The van der Waals surface area contributed by atoms with E-state index in [1.807, 2.05) is 31.2 Å². The molecule has 0 unspecified atom stereocenters. The van der Waals surface area contributed by atoms with E-state index in [-0.39, 0.29) is 23.8 Å². The minimum atomic E-state index is -0.199. The van der Waals surface area contributed by atoms with E-state index in [0.717, 1.165) is 0 Å². The zero-order valence-electron chi connectivity index (χ0n) is 13.5. The van der Waals surface area contributed by atoms with Crippen LogP contribution in [0.3, 0.4) is 0 Å². The van der Waals surface area contributed by atoms with Gasteiger partial charge in [0.15, 0.2) is 11.5 Å². The second-order valence-corrected chi connectivity index (χ2v) is 5.97. The molecule has 2 aliphatic heterocycles. The molecular formula is C17H22N2O4. The first kappa shape index (κ1) is 15.6. The van der Waals surface area contributed by atoms with Crippen molar-refractivity contribution in [3.05, 3.63) is 24.3 Å². The number of nitrogens with zero attached hydrogens (tertiary/aromatic N) is 2. The minimum Gasteiger partial charge on any atom is -0.493 e. The van der Waals surface area contributed by atoms with Crippen LogP contribution in [-0.4, -0.2) is 61.0 Å². The number of benzene rings is 1. The van der Waals surface area contributed by atoms with Crippen molar-refractivity contribution in [3.63, 3.8) is 0 Å². The van der Waals surface area contributed by atoms with Gasteiger partial charge in [-0.1, -0.05) is 12.1 Å². The fourth-order valence-electron chi connectivity index (χ4n) is 3.09. The van der Waals surface area contributed by atoms with Gasteiger partial charge in [-0.25, -0.2) is 0 Å². The van der Waals surface area contributed by atoms with Gasteiger partial charge in [-0.3, -0.25) is 9.59 Å². The van der Waals surface area contributed by atoms with E-state index >= 15 is 0 Å². The summed E-state index contributed by atoms with van der Waals surface area (Å²) in [6, 6.07) is 7.49. The van der Waals surface area contributed by atoms with E-state index in [1.165, 1.54) is 0 Å². The Balaban J connectivity index is 1.51. The second kappa shape index (κ2) is 6.48. The van der Waals surface area contributed by atoms with Crippen LogP contribution in [-0.2, 0) is 9.59 Å². The molecular weight excluding hydrogens is 296 g/mol.